The molecule has 3 rings (SSSR count). The van der Waals surface area contributed by atoms with Crippen LogP contribution in [0.15, 0.2) is 78.9 Å². The van der Waals surface area contributed by atoms with E-state index in [1.54, 1.807) is 14.2 Å². The lowest BCUT2D eigenvalue weighted by Crippen LogP contribution is -2.38. The van der Waals surface area contributed by atoms with E-state index >= 15 is 0 Å². The maximum atomic E-state index is 12.8. The molecule has 0 atom stereocenters. The Morgan fingerprint density at radius 2 is 1.45 bits per heavy atom. The largest absolute Gasteiger partial charge is 0.493 e. The molecule has 0 heterocycles. The van der Waals surface area contributed by atoms with E-state index in [2.05, 4.69) is 5.32 Å². The van der Waals surface area contributed by atoms with Gasteiger partial charge in [0.05, 0.1) is 26.8 Å². The minimum Gasteiger partial charge on any atom is -0.493 e. The first-order chi connectivity index (χ1) is 15.1. The molecule has 0 aliphatic rings. The number of nitrogens with one attached hydrogen (secondary N) is 1. The van der Waals surface area contributed by atoms with Gasteiger partial charge in [-0.15, -0.1) is 0 Å². The van der Waals surface area contributed by atoms with Gasteiger partial charge in [0.15, 0.2) is 11.5 Å². The van der Waals surface area contributed by atoms with Crippen molar-refractivity contribution in [3.8, 4) is 11.5 Å². The average molecular weight is 419 g/mol. The molecule has 0 unspecified atom stereocenters. The number of ether oxygens (including phenoxy) is 2. The minimum absolute atomic E-state index is 0.00693. The predicted octanol–water partition coefficient (Wildman–Crippen LogP) is 4.08. The quantitative estimate of drug-likeness (QED) is 0.539. The summed E-state index contributed by atoms with van der Waals surface area (Å²) in [4.78, 5) is 14.8. The highest BCUT2D eigenvalue weighted by molar-refractivity contribution is 5.79. The topological polar surface area (TPSA) is 50.8 Å². The van der Waals surface area contributed by atoms with Crippen molar-refractivity contribution in [3.63, 3.8) is 0 Å². The predicted molar refractivity (Wildman–Crippen MR) is 124 cm³/mol. The Morgan fingerprint density at radius 1 is 0.871 bits per heavy atom. The number of benzene rings is 3. The zero-order valence-corrected chi connectivity index (χ0v) is 18.4. The van der Waals surface area contributed by atoms with Gasteiger partial charge in [0, 0.05) is 6.54 Å². The number of carbonyl (C=O) groups excluding carboxylic acids is 1. The van der Waals surface area contributed by atoms with E-state index in [9.17, 15) is 4.79 Å². The summed E-state index contributed by atoms with van der Waals surface area (Å²) in [7, 11) is 5.22. The highest BCUT2D eigenvalue weighted by Crippen LogP contribution is 2.27. The third kappa shape index (κ3) is 6.33. The van der Waals surface area contributed by atoms with E-state index in [1.165, 1.54) is 0 Å². The van der Waals surface area contributed by atoms with Crippen LogP contribution in [-0.2, 0) is 11.2 Å². The summed E-state index contributed by atoms with van der Waals surface area (Å²) in [6, 6.07) is 25.8. The van der Waals surface area contributed by atoms with Gasteiger partial charge in [0.2, 0.25) is 5.91 Å². The van der Waals surface area contributed by atoms with Crippen molar-refractivity contribution in [2.45, 2.75) is 12.5 Å². The molecule has 5 heteroatoms. The monoisotopic (exact) mass is 418 g/mol. The lowest BCUT2D eigenvalue weighted by molar-refractivity contribution is -0.122. The molecular weight excluding hydrogens is 388 g/mol. The molecule has 1 N–H and O–H groups in total. The zero-order valence-electron chi connectivity index (χ0n) is 18.4. The van der Waals surface area contributed by atoms with Crippen LogP contribution in [0.4, 0.5) is 0 Å². The van der Waals surface area contributed by atoms with E-state index in [-0.39, 0.29) is 11.9 Å². The van der Waals surface area contributed by atoms with Crippen LogP contribution in [0.25, 0.3) is 0 Å². The number of methoxy groups -OCH3 is 2. The van der Waals surface area contributed by atoms with E-state index in [0.717, 1.165) is 29.7 Å². The second-order valence-corrected chi connectivity index (χ2v) is 7.50. The van der Waals surface area contributed by atoms with E-state index in [0.29, 0.717) is 18.0 Å². The van der Waals surface area contributed by atoms with Gasteiger partial charge in [0.25, 0.3) is 0 Å². The fraction of sp³-hybridized carbons (Fsp3) is 0.269. The maximum absolute atomic E-state index is 12.8. The molecule has 3 aromatic carbocycles. The van der Waals surface area contributed by atoms with Crippen LogP contribution in [0.5, 0.6) is 11.5 Å². The van der Waals surface area contributed by atoms with Crippen molar-refractivity contribution in [2.24, 2.45) is 0 Å². The van der Waals surface area contributed by atoms with Gasteiger partial charge in [-0.2, -0.15) is 0 Å². The summed E-state index contributed by atoms with van der Waals surface area (Å²) in [5, 5.41) is 3.19. The smallest absolute Gasteiger partial charge is 0.234 e. The van der Waals surface area contributed by atoms with Crippen molar-refractivity contribution in [1.82, 2.24) is 10.2 Å². The molecule has 162 valence electrons. The molecule has 1 amide bonds. The molecule has 5 nitrogen and oxygen atoms in total. The summed E-state index contributed by atoms with van der Waals surface area (Å²) in [5.74, 6) is 1.42. The third-order valence-corrected chi connectivity index (χ3v) is 5.21. The van der Waals surface area contributed by atoms with Crippen LogP contribution < -0.4 is 14.8 Å². The van der Waals surface area contributed by atoms with Crippen LogP contribution >= 0.6 is 0 Å². The second kappa shape index (κ2) is 11.2. The Labute approximate surface area is 184 Å². The molecule has 0 radical (unpaired) electrons. The van der Waals surface area contributed by atoms with Gasteiger partial charge in [-0.05, 0) is 42.3 Å². The zero-order chi connectivity index (χ0) is 22.1. The third-order valence-electron chi connectivity index (χ3n) is 5.21. The Hall–Kier alpha value is -3.31. The lowest BCUT2D eigenvalue weighted by atomic mass is 9.99. The van der Waals surface area contributed by atoms with Crippen molar-refractivity contribution >= 4 is 5.91 Å². The van der Waals surface area contributed by atoms with Crippen molar-refractivity contribution in [1.29, 1.82) is 0 Å². The van der Waals surface area contributed by atoms with Crippen LogP contribution in [0, 0.1) is 0 Å². The average Bonchev–Trinajstić information content (AvgIpc) is 2.82. The number of hydrogen-bond donors (Lipinski definition) is 1. The number of nitrogens with zero attached hydrogens (tertiary/aromatic N) is 1. The van der Waals surface area contributed by atoms with Crippen molar-refractivity contribution in [2.75, 3.05) is 34.4 Å². The molecule has 0 fully saturated rings. The first-order valence-corrected chi connectivity index (χ1v) is 10.4. The molecule has 31 heavy (non-hydrogen) atoms. The Kier molecular flexibility index (Phi) is 8.07. The number of carbonyl (C=O) groups is 1. The Bertz CT molecular complexity index is 921. The van der Waals surface area contributed by atoms with Crippen LogP contribution in [0.3, 0.4) is 0 Å². The number of rotatable bonds is 10. The maximum Gasteiger partial charge on any atom is 0.234 e. The number of amides is 1. The summed E-state index contributed by atoms with van der Waals surface area (Å²) in [6.07, 6.45) is 0.810. The Morgan fingerprint density at radius 3 is 2.00 bits per heavy atom. The molecule has 0 bridgehead atoms. The van der Waals surface area contributed by atoms with Crippen LogP contribution in [0.2, 0.25) is 0 Å². The highest BCUT2D eigenvalue weighted by atomic mass is 16.5. The van der Waals surface area contributed by atoms with Crippen LogP contribution in [0.1, 0.15) is 22.7 Å². The van der Waals surface area contributed by atoms with E-state index in [4.69, 9.17) is 9.47 Å². The van der Waals surface area contributed by atoms with Crippen molar-refractivity contribution in [3.05, 3.63) is 95.6 Å². The summed E-state index contributed by atoms with van der Waals surface area (Å²) >= 11 is 0. The summed E-state index contributed by atoms with van der Waals surface area (Å²) in [6.45, 7) is 1.08. The fourth-order valence-corrected chi connectivity index (χ4v) is 3.54. The standard InChI is InChI=1S/C26H30N2O3/c1-28(17-16-20-14-15-23(30-2)24(18-20)31-3)19-25(29)27-26(21-10-6-4-7-11-21)22-12-8-5-9-13-22/h4-15,18,26H,16-17,19H2,1-3H3,(H,27,29). The Balaban J connectivity index is 1.59. The minimum atomic E-state index is -0.172. The normalized spacial score (nSPS) is 10.9. The lowest BCUT2D eigenvalue weighted by Gasteiger charge is -2.22. The highest BCUT2D eigenvalue weighted by Gasteiger charge is 2.17. The summed E-state index contributed by atoms with van der Waals surface area (Å²) in [5.41, 5.74) is 3.27. The second-order valence-electron chi connectivity index (χ2n) is 7.50. The molecule has 0 aromatic heterocycles. The molecule has 0 aliphatic carbocycles. The first-order valence-electron chi connectivity index (χ1n) is 10.4. The SMILES string of the molecule is COc1ccc(CCN(C)CC(=O)NC(c2ccccc2)c2ccccc2)cc1OC. The summed E-state index contributed by atoms with van der Waals surface area (Å²) < 4.78 is 10.7. The van der Waals surface area contributed by atoms with Crippen LogP contribution in [-0.4, -0.2) is 45.2 Å². The van der Waals surface area contributed by atoms with Crippen molar-refractivity contribution < 1.29 is 14.3 Å². The number of hydrogen-bond acceptors (Lipinski definition) is 4. The molecular formula is C26H30N2O3. The molecule has 0 saturated heterocycles. The van der Waals surface area contributed by atoms with Gasteiger partial charge in [-0.1, -0.05) is 66.7 Å². The fourth-order valence-electron chi connectivity index (χ4n) is 3.54. The van der Waals surface area contributed by atoms with Gasteiger partial charge in [0.1, 0.15) is 0 Å². The van der Waals surface area contributed by atoms with Gasteiger partial charge >= 0.3 is 0 Å². The van der Waals surface area contributed by atoms with Gasteiger partial charge < -0.3 is 14.8 Å². The van der Waals surface area contributed by atoms with Gasteiger partial charge in [-0.3, -0.25) is 9.69 Å². The van der Waals surface area contributed by atoms with Gasteiger partial charge in [-0.25, -0.2) is 0 Å². The van der Waals surface area contributed by atoms with E-state index < -0.39 is 0 Å². The van der Waals surface area contributed by atoms with E-state index in [1.807, 2.05) is 90.8 Å². The molecule has 0 spiro atoms. The molecule has 0 saturated carbocycles. The first kappa shape index (κ1) is 22.4. The number of likely N-dealkylation sites (N-methyl/N-ethyl adjacent to an activating group) is 1. The molecule has 0 aliphatic heterocycles. The molecule has 3 aromatic rings.